The number of carbonyl (C=O) groups is 4. The SMILES string of the molecule is CC/C=C\C/C=C\C/C=C\C/C=C\C/C=C\C/C=C\CCC(=O)NCCCCC(NC(=O)/C=C/C(=O)OC)C(=O)OC(C)(C)C. The number of unbranched alkanes of at least 4 members (excludes halogenated alkanes) is 1. The molecule has 8 heteroatoms. The number of allylic oxidation sites excluding steroid dienone is 12. The first-order valence-corrected chi connectivity index (χ1v) is 16.0. The zero-order chi connectivity index (χ0) is 33.6. The van der Waals surface area contributed by atoms with Crippen molar-refractivity contribution in [1.82, 2.24) is 10.6 Å². The van der Waals surface area contributed by atoms with Gasteiger partial charge in [0.1, 0.15) is 11.6 Å². The topological polar surface area (TPSA) is 111 Å². The molecule has 0 aromatic heterocycles. The number of amides is 2. The summed E-state index contributed by atoms with van der Waals surface area (Å²) in [7, 11) is 1.21. The van der Waals surface area contributed by atoms with E-state index in [2.05, 4.69) is 89.1 Å². The Balaban J connectivity index is 4.13. The van der Waals surface area contributed by atoms with E-state index < -0.39 is 29.5 Å². The fourth-order valence-corrected chi connectivity index (χ4v) is 3.70. The minimum absolute atomic E-state index is 0.0283. The van der Waals surface area contributed by atoms with Crippen LogP contribution < -0.4 is 10.6 Å². The van der Waals surface area contributed by atoms with Crippen LogP contribution >= 0.6 is 0 Å². The first kappa shape index (κ1) is 41.1. The Morgan fingerprint density at radius 1 is 0.711 bits per heavy atom. The summed E-state index contributed by atoms with van der Waals surface area (Å²) in [6, 6.07) is -0.872. The van der Waals surface area contributed by atoms with Gasteiger partial charge in [0.2, 0.25) is 11.8 Å². The molecular weight excluding hydrogens is 568 g/mol. The van der Waals surface area contributed by atoms with Crippen LogP contribution in [0.5, 0.6) is 0 Å². The zero-order valence-corrected chi connectivity index (χ0v) is 28.1. The Bertz CT molecular complexity index is 1060. The molecule has 0 bridgehead atoms. The summed E-state index contributed by atoms with van der Waals surface area (Å²) in [6.45, 7) is 7.85. The minimum Gasteiger partial charge on any atom is -0.466 e. The van der Waals surface area contributed by atoms with E-state index in [1.807, 2.05) is 6.08 Å². The highest BCUT2D eigenvalue weighted by Crippen LogP contribution is 2.12. The molecule has 0 spiro atoms. The molecule has 2 amide bonds. The van der Waals surface area contributed by atoms with Crippen LogP contribution in [0.2, 0.25) is 0 Å². The van der Waals surface area contributed by atoms with Crippen LogP contribution in [0.25, 0.3) is 0 Å². The van der Waals surface area contributed by atoms with Crippen LogP contribution in [0.3, 0.4) is 0 Å². The molecule has 0 aliphatic carbocycles. The van der Waals surface area contributed by atoms with Crippen molar-refractivity contribution in [3.63, 3.8) is 0 Å². The van der Waals surface area contributed by atoms with Crippen LogP contribution in [0.1, 0.15) is 98.3 Å². The fourth-order valence-electron chi connectivity index (χ4n) is 3.70. The largest absolute Gasteiger partial charge is 0.466 e. The smallest absolute Gasteiger partial charge is 0.330 e. The van der Waals surface area contributed by atoms with Gasteiger partial charge in [-0.15, -0.1) is 0 Å². The van der Waals surface area contributed by atoms with Gasteiger partial charge in [-0.25, -0.2) is 9.59 Å². The minimum atomic E-state index is -0.872. The molecule has 0 aromatic carbocycles. The van der Waals surface area contributed by atoms with Gasteiger partial charge in [-0.05, 0) is 85.0 Å². The van der Waals surface area contributed by atoms with E-state index in [4.69, 9.17) is 4.74 Å². The highest BCUT2D eigenvalue weighted by molar-refractivity contribution is 5.96. The standard InChI is InChI=1S/C37H56N2O6/c1-6-7-8-9-10-11-12-13-14-15-16-17-18-19-20-21-22-23-24-28-33(40)38-31-26-25-27-32(36(43)45-37(2,3)4)39-34(41)29-30-35(42)44-5/h7-8,10-11,13-14,16-17,19-20,22-23,29-30,32H,6,9,12,15,18,21,24-28,31H2,1-5H3,(H,38,40)(H,39,41)/b8-7-,11-10-,14-13-,17-16-,20-19-,23-22-,30-29+. The quantitative estimate of drug-likeness (QED) is 0.0534. The average Bonchev–Trinajstić information content (AvgIpc) is 2.99. The maximum Gasteiger partial charge on any atom is 0.330 e. The molecule has 0 rings (SSSR count). The van der Waals surface area contributed by atoms with Gasteiger partial charge in [0, 0.05) is 25.1 Å². The summed E-state index contributed by atoms with van der Waals surface area (Å²) in [5, 5.41) is 5.47. The molecule has 0 saturated heterocycles. The summed E-state index contributed by atoms with van der Waals surface area (Å²) in [4.78, 5) is 48.1. The average molecular weight is 625 g/mol. The van der Waals surface area contributed by atoms with Gasteiger partial charge in [-0.3, -0.25) is 9.59 Å². The van der Waals surface area contributed by atoms with Crippen LogP contribution in [-0.4, -0.2) is 49.1 Å². The van der Waals surface area contributed by atoms with Gasteiger partial charge in [0.05, 0.1) is 7.11 Å². The molecule has 2 N–H and O–H groups in total. The number of methoxy groups -OCH3 is 1. The van der Waals surface area contributed by atoms with E-state index in [0.29, 0.717) is 38.6 Å². The number of hydrogen-bond acceptors (Lipinski definition) is 6. The van der Waals surface area contributed by atoms with E-state index in [-0.39, 0.29) is 5.91 Å². The lowest BCUT2D eigenvalue weighted by Gasteiger charge is -2.24. The summed E-state index contributed by atoms with van der Waals surface area (Å²) in [6.07, 6.45) is 36.2. The fraction of sp³-hybridized carbons (Fsp3) is 0.514. The third-order valence-electron chi connectivity index (χ3n) is 5.96. The lowest BCUT2D eigenvalue weighted by Crippen LogP contribution is -2.43. The Morgan fingerprint density at radius 2 is 1.22 bits per heavy atom. The second-order valence-corrected chi connectivity index (χ2v) is 11.3. The molecular formula is C37H56N2O6. The summed E-state index contributed by atoms with van der Waals surface area (Å²) in [5.74, 6) is -1.85. The van der Waals surface area contributed by atoms with E-state index in [1.165, 1.54) is 7.11 Å². The zero-order valence-electron chi connectivity index (χ0n) is 28.1. The molecule has 0 aliphatic heterocycles. The first-order valence-electron chi connectivity index (χ1n) is 16.0. The summed E-state index contributed by atoms with van der Waals surface area (Å²) in [5.41, 5.74) is -0.709. The van der Waals surface area contributed by atoms with Gasteiger partial charge in [-0.1, -0.05) is 79.8 Å². The number of esters is 2. The van der Waals surface area contributed by atoms with Crippen molar-refractivity contribution in [2.45, 2.75) is 110 Å². The summed E-state index contributed by atoms with van der Waals surface area (Å²) >= 11 is 0. The second-order valence-electron chi connectivity index (χ2n) is 11.3. The van der Waals surface area contributed by atoms with Crippen LogP contribution in [0, 0.1) is 0 Å². The molecule has 0 fully saturated rings. The predicted octanol–water partition coefficient (Wildman–Crippen LogP) is 7.31. The van der Waals surface area contributed by atoms with E-state index in [9.17, 15) is 19.2 Å². The van der Waals surface area contributed by atoms with Gasteiger partial charge < -0.3 is 20.1 Å². The number of nitrogens with one attached hydrogen (secondary N) is 2. The maximum absolute atomic E-state index is 12.6. The Hall–Kier alpha value is -3.94. The lowest BCUT2D eigenvalue weighted by molar-refractivity contribution is -0.158. The third kappa shape index (κ3) is 28.6. The van der Waals surface area contributed by atoms with Crippen LogP contribution in [0.15, 0.2) is 85.1 Å². The molecule has 0 saturated carbocycles. The van der Waals surface area contributed by atoms with Crippen molar-refractivity contribution in [1.29, 1.82) is 0 Å². The van der Waals surface area contributed by atoms with Crippen LogP contribution in [0.4, 0.5) is 0 Å². The molecule has 45 heavy (non-hydrogen) atoms. The van der Waals surface area contributed by atoms with Gasteiger partial charge in [0.25, 0.3) is 0 Å². The Morgan fingerprint density at radius 3 is 1.71 bits per heavy atom. The monoisotopic (exact) mass is 624 g/mol. The van der Waals surface area contributed by atoms with Gasteiger partial charge >= 0.3 is 11.9 Å². The molecule has 250 valence electrons. The second kappa shape index (κ2) is 27.6. The maximum atomic E-state index is 12.6. The van der Waals surface area contributed by atoms with Crippen molar-refractivity contribution in [3.05, 3.63) is 85.1 Å². The number of rotatable bonds is 23. The molecule has 0 radical (unpaired) electrons. The molecule has 0 heterocycles. The Kier molecular flexibility index (Phi) is 25.2. The van der Waals surface area contributed by atoms with E-state index in [0.717, 1.165) is 50.7 Å². The van der Waals surface area contributed by atoms with Crippen molar-refractivity contribution in [2.75, 3.05) is 13.7 Å². The van der Waals surface area contributed by atoms with Crippen molar-refractivity contribution < 1.29 is 28.7 Å². The van der Waals surface area contributed by atoms with E-state index >= 15 is 0 Å². The highest BCUT2D eigenvalue weighted by atomic mass is 16.6. The first-order chi connectivity index (χ1) is 21.6. The van der Waals surface area contributed by atoms with Gasteiger partial charge in [0.15, 0.2) is 0 Å². The van der Waals surface area contributed by atoms with Crippen molar-refractivity contribution in [2.24, 2.45) is 0 Å². The number of carbonyl (C=O) groups excluding carboxylic acids is 4. The van der Waals surface area contributed by atoms with Crippen molar-refractivity contribution in [3.8, 4) is 0 Å². The van der Waals surface area contributed by atoms with E-state index in [1.54, 1.807) is 20.8 Å². The summed E-state index contributed by atoms with van der Waals surface area (Å²) < 4.78 is 9.88. The Labute approximate surface area is 271 Å². The predicted molar refractivity (Wildman–Crippen MR) is 183 cm³/mol. The molecule has 8 nitrogen and oxygen atoms in total. The highest BCUT2D eigenvalue weighted by Gasteiger charge is 2.25. The van der Waals surface area contributed by atoms with Crippen LogP contribution in [-0.2, 0) is 28.7 Å². The normalized spacial score (nSPS) is 13.3. The molecule has 0 aliphatic rings. The lowest BCUT2D eigenvalue weighted by atomic mass is 10.1. The third-order valence-corrected chi connectivity index (χ3v) is 5.96. The molecule has 0 aromatic rings. The molecule has 1 atom stereocenters. The van der Waals surface area contributed by atoms with Gasteiger partial charge in [-0.2, -0.15) is 0 Å². The number of hydrogen-bond donors (Lipinski definition) is 2. The number of ether oxygens (including phenoxy) is 2. The van der Waals surface area contributed by atoms with Crippen molar-refractivity contribution >= 4 is 23.8 Å². The molecule has 1 unspecified atom stereocenters.